The second-order valence-corrected chi connectivity index (χ2v) is 4.71. The van der Waals surface area contributed by atoms with Gasteiger partial charge in [0.1, 0.15) is 0 Å². The fraction of sp³-hybridized carbons (Fsp3) is 0.250. The number of rotatable bonds is 2. The Labute approximate surface area is 88.4 Å². The van der Waals surface area contributed by atoms with Crippen LogP contribution in [0.1, 0.15) is 0 Å². The summed E-state index contributed by atoms with van der Waals surface area (Å²) in [6, 6.07) is 3.65. The standard InChI is InChI=1S/C8H8BrFS2/c1-11-5-3-6(9)8(10)7(4-5)12-2/h3-4H,1-2H3. The van der Waals surface area contributed by atoms with Crippen LogP contribution < -0.4 is 0 Å². The molecule has 0 spiro atoms. The molecular formula is C8H8BrFS2. The van der Waals surface area contributed by atoms with Crippen LogP contribution >= 0.6 is 39.5 Å². The summed E-state index contributed by atoms with van der Waals surface area (Å²) < 4.78 is 13.8. The van der Waals surface area contributed by atoms with Gasteiger partial charge in [-0.05, 0) is 40.6 Å². The van der Waals surface area contributed by atoms with Gasteiger partial charge in [0.25, 0.3) is 0 Å². The Morgan fingerprint density at radius 1 is 1.25 bits per heavy atom. The van der Waals surface area contributed by atoms with E-state index in [1.165, 1.54) is 11.8 Å². The Bertz CT molecular complexity index is 289. The van der Waals surface area contributed by atoms with Gasteiger partial charge in [0.05, 0.1) is 4.47 Å². The third kappa shape index (κ3) is 2.18. The molecule has 0 fully saturated rings. The van der Waals surface area contributed by atoms with E-state index in [2.05, 4.69) is 15.9 Å². The predicted octanol–water partition coefficient (Wildman–Crippen LogP) is 4.03. The van der Waals surface area contributed by atoms with Crippen LogP contribution in [0.3, 0.4) is 0 Å². The highest BCUT2D eigenvalue weighted by Crippen LogP contribution is 2.30. The molecule has 4 heteroatoms. The van der Waals surface area contributed by atoms with Crippen molar-refractivity contribution < 1.29 is 4.39 Å². The Morgan fingerprint density at radius 2 is 1.92 bits per heavy atom. The average Bonchev–Trinajstić information content (AvgIpc) is 2.09. The van der Waals surface area contributed by atoms with Crippen molar-refractivity contribution in [3.8, 4) is 0 Å². The molecule has 0 aliphatic carbocycles. The molecule has 0 amide bonds. The molecule has 1 aromatic carbocycles. The third-order valence-electron chi connectivity index (χ3n) is 1.42. The first-order valence-electron chi connectivity index (χ1n) is 3.26. The SMILES string of the molecule is CSc1cc(Br)c(F)c(SC)c1. The molecule has 0 heterocycles. The minimum atomic E-state index is -0.166. The van der Waals surface area contributed by atoms with Gasteiger partial charge in [0.2, 0.25) is 0 Å². The topological polar surface area (TPSA) is 0 Å². The lowest BCUT2D eigenvalue weighted by molar-refractivity contribution is 0.593. The normalized spacial score (nSPS) is 10.3. The van der Waals surface area contributed by atoms with Crippen molar-refractivity contribution in [1.29, 1.82) is 0 Å². The van der Waals surface area contributed by atoms with Gasteiger partial charge in [-0.3, -0.25) is 0 Å². The summed E-state index contributed by atoms with van der Waals surface area (Å²) in [7, 11) is 0. The molecule has 0 radical (unpaired) electrons. The Hall–Kier alpha value is 0.330. The van der Waals surface area contributed by atoms with Gasteiger partial charge >= 0.3 is 0 Å². The van der Waals surface area contributed by atoms with Crippen molar-refractivity contribution in [3.63, 3.8) is 0 Å². The molecule has 0 saturated heterocycles. The third-order valence-corrected chi connectivity index (χ3v) is 3.44. The summed E-state index contributed by atoms with van der Waals surface area (Å²) in [6.07, 6.45) is 3.85. The van der Waals surface area contributed by atoms with Crippen molar-refractivity contribution in [1.82, 2.24) is 0 Å². The lowest BCUT2D eigenvalue weighted by Crippen LogP contribution is -1.83. The maximum atomic E-state index is 13.2. The van der Waals surface area contributed by atoms with Gasteiger partial charge in [-0.25, -0.2) is 4.39 Å². The van der Waals surface area contributed by atoms with E-state index in [4.69, 9.17) is 0 Å². The quantitative estimate of drug-likeness (QED) is 0.742. The molecule has 0 atom stereocenters. The van der Waals surface area contributed by atoms with E-state index in [-0.39, 0.29) is 5.82 Å². The van der Waals surface area contributed by atoms with E-state index in [9.17, 15) is 4.39 Å². The number of hydrogen-bond acceptors (Lipinski definition) is 2. The van der Waals surface area contributed by atoms with Gasteiger partial charge in [-0.15, -0.1) is 23.5 Å². The first-order chi connectivity index (χ1) is 5.69. The molecule has 66 valence electrons. The summed E-state index contributed by atoms with van der Waals surface area (Å²) in [5.74, 6) is -0.166. The molecule has 0 N–H and O–H groups in total. The van der Waals surface area contributed by atoms with Crippen LogP contribution in [0.25, 0.3) is 0 Å². The predicted molar refractivity (Wildman–Crippen MR) is 57.7 cm³/mol. The summed E-state index contributed by atoms with van der Waals surface area (Å²) >= 11 is 6.21. The molecule has 0 unspecified atom stereocenters. The first kappa shape index (κ1) is 10.4. The van der Waals surface area contributed by atoms with E-state index in [0.717, 1.165) is 4.90 Å². The summed E-state index contributed by atoms with van der Waals surface area (Å²) in [6.45, 7) is 0. The number of hydrogen-bond donors (Lipinski definition) is 0. The zero-order valence-corrected chi connectivity index (χ0v) is 9.95. The summed E-state index contributed by atoms with van der Waals surface area (Å²) in [4.78, 5) is 1.77. The molecule has 1 aromatic rings. The van der Waals surface area contributed by atoms with E-state index in [1.807, 2.05) is 18.6 Å². The van der Waals surface area contributed by atoms with Crippen LogP contribution in [0.15, 0.2) is 26.4 Å². The Balaban J connectivity index is 3.19. The number of halogens is 2. The van der Waals surface area contributed by atoms with Gasteiger partial charge in [0.15, 0.2) is 5.82 Å². The smallest absolute Gasteiger partial charge is 0.150 e. The van der Waals surface area contributed by atoms with Crippen molar-refractivity contribution in [2.45, 2.75) is 9.79 Å². The van der Waals surface area contributed by atoms with E-state index in [0.29, 0.717) is 9.37 Å². The summed E-state index contributed by atoms with van der Waals surface area (Å²) in [5.41, 5.74) is 0. The molecule has 1 rings (SSSR count). The highest BCUT2D eigenvalue weighted by Gasteiger charge is 2.07. The van der Waals surface area contributed by atoms with Crippen LogP contribution in [0, 0.1) is 5.82 Å². The van der Waals surface area contributed by atoms with Crippen molar-refractivity contribution >= 4 is 39.5 Å². The highest BCUT2D eigenvalue weighted by atomic mass is 79.9. The fourth-order valence-electron chi connectivity index (χ4n) is 0.807. The Morgan fingerprint density at radius 3 is 2.42 bits per heavy atom. The lowest BCUT2D eigenvalue weighted by Gasteiger charge is -2.04. The number of thioether (sulfide) groups is 2. The molecule has 0 aliphatic rings. The second-order valence-electron chi connectivity index (χ2n) is 2.13. The highest BCUT2D eigenvalue weighted by molar-refractivity contribution is 9.10. The zero-order chi connectivity index (χ0) is 9.14. The van der Waals surface area contributed by atoms with E-state index >= 15 is 0 Å². The largest absolute Gasteiger partial charge is 0.205 e. The average molecular weight is 267 g/mol. The van der Waals surface area contributed by atoms with Gasteiger partial charge in [-0.1, -0.05) is 0 Å². The van der Waals surface area contributed by atoms with E-state index in [1.54, 1.807) is 17.8 Å². The monoisotopic (exact) mass is 266 g/mol. The van der Waals surface area contributed by atoms with Crippen LogP contribution in [-0.4, -0.2) is 12.5 Å². The molecule has 12 heavy (non-hydrogen) atoms. The van der Waals surface area contributed by atoms with Gasteiger partial charge in [-0.2, -0.15) is 0 Å². The molecule has 0 saturated carbocycles. The van der Waals surface area contributed by atoms with Crippen LogP contribution in [0.2, 0.25) is 0 Å². The number of benzene rings is 1. The zero-order valence-electron chi connectivity index (χ0n) is 6.73. The van der Waals surface area contributed by atoms with Gasteiger partial charge < -0.3 is 0 Å². The molecule has 0 aliphatic heterocycles. The lowest BCUT2D eigenvalue weighted by atomic mass is 10.3. The van der Waals surface area contributed by atoms with Gasteiger partial charge in [0, 0.05) is 9.79 Å². The molecule has 0 nitrogen and oxygen atoms in total. The molecular weight excluding hydrogens is 259 g/mol. The van der Waals surface area contributed by atoms with Crippen LogP contribution in [0.4, 0.5) is 4.39 Å². The minimum Gasteiger partial charge on any atom is -0.205 e. The molecule has 0 aromatic heterocycles. The van der Waals surface area contributed by atoms with Crippen LogP contribution in [0.5, 0.6) is 0 Å². The van der Waals surface area contributed by atoms with Crippen molar-refractivity contribution in [2.75, 3.05) is 12.5 Å². The maximum Gasteiger partial charge on any atom is 0.150 e. The molecule has 0 bridgehead atoms. The minimum absolute atomic E-state index is 0.166. The first-order valence-corrected chi connectivity index (χ1v) is 6.50. The van der Waals surface area contributed by atoms with Crippen molar-refractivity contribution in [3.05, 3.63) is 22.4 Å². The summed E-state index contributed by atoms with van der Waals surface area (Å²) in [5, 5.41) is 0. The van der Waals surface area contributed by atoms with Crippen LogP contribution in [-0.2, 0) is 0 Å². The Kier molecular flexibility index (Phi) is 3.93. The second kappa shape index (κ2) is 4.53. The maximum absolute atomic E-state index is 13.2. The fourth-order valence-corrected chi connectivity index (χ4v) is 2.63. The van der Waals surface area contributed by atoms with Crippen molar-refractivity contribution in [2.24, 2.45) is 0 Å². The van der Waals surface area contributed by atoms with E-state index < -0.39 is 0 Å².